The number of carbonyl (C=O) groups is 1. The summed E-state index contributed by atoms with van der Waals surface area (Å²) in [5.41, 5.74) is 0. The van der Waals surface area contributed by atoms with E-state index in [0.29, 0.717) is 31.9 Å². The van der Waals surface area contributed by atoms with Gasteiger partial charge in [-0.2, -0.15) is 4.31 Å². The molecule has 28 heavy (non-hydrogen) atoms. The molecule has 9 heteroatoms. The lowest BCUT2D eigenvalue weighted by Gasteiger charge is -2.34. The molecule has 1 aliphatic heterocycles. The van der Waals surface area contributed by atoms with E-state index in [1.165, 1.54) is 11.4 Å². The maximum absolute atomic E-state index is 12.8. The summed E-state index contributed by atoms with van der Waals surface area (Å²) in [6.07, 6.45) is 1.62. The monoisotopic (exact) mass is 408 g/mol. The molecule has 1 aliphatic rings. The van der Waals surface area contributed by atoms with Crippen molar-refractivity contribution in [2.45, 2.75) is 11.4 Å². The second-order valence-corrected chi connectivity index (χ2v) is 8.79. The first-order chi connectivity index (χ1) is 13.4. The molecule has 0 aliphatic carbocycles. The van der Waals surface area contributed by atoms with E-state index < -0.39 is 10.0 Å². The third-order valence-corrected chi connectivity index (χ3v) is 6.71. The maximum Gasteiger partial charge on any atom is 0.277 e. The molecule has 1 aromatic heterocycles. The molecule has 2 heterocycles. The minimum atomic E-state index is -3.57. The number of ether oxygens (including phenoxy) is 1. The molecule has 8 nitrogen and oxygen atoms in total. The number of furan rings is 1. The lowest BCUT2D eigenvalue weighted by Crippen LogP contribution is -3.08. The molecule has 1 fully saturated rings. The first-order valence-corrected chi connectivity index (χ1v) is 10.6. The number of piperazine rings is 1. The normalized spacial score (nSPS) is 16.7. The predicted octanol–water partition coefficient (Wildman–Crippen LogP) is -0.164. The number of methoxy groups -OCH3 is 1. The fourth-order valence-corrected chi connectivity index (χ4v) is 4.64. The number of carbonyl (C=O) groups excluding carboxylic acids is 1. The van der Waals surface area contributed by atoms with Gasteiger partial charge < -0.3 is 19.0 Å². The molecule has 0 spiro atoms. The van der Waals surface area contributed by atoms with Crippen LogP contribution in [0.5, 0.6) is 5.75 Å². The van der Waals surface area contributed by atoms with E-state index in [9.17, 15) is 13.2 Å². The van der Waals surface area contributed by atoms with Crippen molar-refractivity contribution < 1.29 is 27.3 Å². The van der Waals surface area contributed by atoms with E-state index in [4.69, 9.17) is 9.15 Å². The highest BCUT2D eigenvalue weighted by Crippen LogP contribution is 2.20. The number of likely N-dealkylation sites (N-methyl/N-ethyl adjacent to an activating group) is 1. The van der Waals surface area contributed by atoms with Gasteiger partial charge in [-0.3, -0.25) is 4.79 Å². The second kappa shape index (κ2) is 8.76. The molecule has 1 aromatic carbocycles. The number of sulfonamides is 1. The first-order valence-electron chi connectivity index (χ1n) is 9.16. The van der Waals surface area contributed by atoms with Crippen LogP contribution in [-0.2, 0) is 21.4 Å². The van der Waals surface area contributed by atoms with Gasteiger partial charge in [0.15, 0.2) is 12.3 Å². The standard InChI is InChI=1S/C19H25N3O5S/c1-20(14-17-4-3-13-27-17)15-19(23)21-9-11-22(12-10-21)28(24,25)18-7-5-16(26-2)6-8-18/h3-8,13H,9-12,14-15H2,1-2H3/p+1. The zero-order valence-electron chi connectivity index (χ0n) is 16.1. The summed E-state index contributed by atoms with van der Waals surface area (Å²) in [6.45, 7) is 2.33. The number of benzene rings is 1. The molecule has 152 valence electrons. The molecule has 1 atom stereocenters. The zero-order chi connectivity index (χ0) is 20.1. The number of amides is 1. The summed E-state index contributed by atoms with van der Waals surface area (Å²) in [7, 11) is -0.101. The van der Waals surface area contributed by atoms with Crippen molar-refractivity contribution in [3.05, 3.63) is 48.4 Å². The van der Waals surface area contributed by atoms with Gasteiger partial charge in [-0.25, -0.2) is 8.42 Å². The lowest BCUT2D eigenvalue weighted by molar-refractivity contribution is -0.886. The van der Waals surface area contributed by atoms with Crippen LogP contribution in [0.1, 0.15) is 5.76 Å². The van der Waals surface area contributed by atoms with E-state index in [-0.39, 0.29) is 23.9 Å². The molecule has 1 unspecified atom stereocenters. The molecule has 1 N–H and O–H groups in total. The van der Waals surface area contributed by atoms with E-state index in [1.807, 2.05) is 19.2 Å². The van der Waals surface area contributed by atoms with E-state index in [0.717, 1.165) is 10.7 Å². The fraction of sp³-hybridized carbons (Fsp3) is 0.421. The minimum absolute atomic E-state index is 0.0190. The smallest absolute Gasteiger partial charge is 0.277 e. The van der Waals surface area contributed by atoms with Crippen molar-refractivity contribution in [1.82, 2.24) is 9.21 Å². The van der Waals surface area contributed by atoms with Gasteiger partial charge in [0.05, 0.1) is 25.3 Å². The SMILES string of the molecule is COc1ccc(S(=O)(=O)N2CCN(C(=O)C[NH+](C)Cc3ccco3)CC2)cc1. The van der Waals surface area contributed by atoms with Gasteiger partial charge in [-0.1, -0.05) is 0 Å². The number of nitrogens with zero attached hydrogens (tertiary/aromatic N) is 2. The largest absolute Gasteiger partial charge is 0.497 e. The van der Waals surface area contributed by atoms with Gasteiger partial charge in [0.25, 0.3) is 5.91 Å². The van der Waals surface area contributed by atoms with Gasteiger partial charge in [0.1, 0.15) is 12.3 Å². The maximum atomic E-state index is 12.8. The molecule has 1 saturated heterocycles. The Balaban J connectivity index is 1.53. The number of nitrogens with one attached hydrogen (secondary N) is 1. The minimum Gasteiger partial charge on any atom is -0.497 e. The van der Waals surface area contributed by atoms with Crippen LogP contribution in [-0.4, -0.2) is 70.4 Å². The van der Waals surface area contributed by atoms with Crippen molar-refractivity contribution in [3.8, 4) is 5.75 Å². The molecular formula is C19H26N3O5S+. The van der Waals surface area contributed by atoms with Crippen molar-refractivity contribution >= 4 is 15.9 Å². The summed E-state index contributed by atoms with van der Waals surface area (Å²) in [4.78, 5) is 15.5. The summed E-state index contributed by atoms with van der Waals surface area (Å²) >= 11 is 0. The molecule has 0 bridgehead atoms. The average Bonchev–Trinajstić information content (AvgIpc) is 3.21. The van der Waals surface area contributed by atoms with Gasteiger partial charge in [0.2, 0.25) is 10.0 Å². The Kier molecular flexibility index (Phi) is 6.38. The third kappa shape index (κ3) is 4.73. The summed E-state index contributed by atoms with van der Waals surface area (Å²) in [5.74, 6) is 1.46. The van der Waals surface area contributed by atoms with Crippen LogP contribution in [0.4, 0.5) is 0 Å². The van der Waals surface area contributed by atoms with Gasteiger partial charge >= 0.3 is 0 Å². The highest BCUT2D eigenvalue weighted by molar-refractivity contribution is 7.89. The highest BCUT2D eigenvalue weighted by atomic mass is 32.2. The van der Waals surface area contributed by atoms with Crippen LogP contribution in [0.3, 0.4) is 0 Å². The van der Waals surface area contributed by atoms with Gasteiger partial charge in [0, 0.05) is 26.2 Å². The highest BCUT2D eigenvalue weighted by Gasteiger charge is 2.31. The van der Waals surface area contributed by atoms with Crippen molar-refractivity contribution in [3.63, 3.8) is 0 Å². The topological polar surface area (TPSA) is 84.5 Å². The lowest BCUT2D eigenvalue weighted by atomic mass is 10.3. The molecule has 3 rings (SSSR count). The van der Waals surface area contributed by atoms with Crippen LogP contribution in [0, 0.1) is 0 Å². The Morgan fingerprint density at radius 2 is 1.82 bits per heavy atom. The average molecular weight is 409 g/mol. The Morgan fingerprint density at radius 3 is 2.39 bits per heavy atom. The van der Waals surface area contributed by atoms with Gasteiger partial charge in [-0.15, -0.1) is 0 Å². The van der Waals surface area contributed by atoms with Crippen molar-refractivity contribution in [1.29, 1.82) is 0 Å². The Bertz CT molecular complexity index is 873. The molecule has 0 radical (unpaired) electrons. The van der Waals surface area contributed by atoms with Crippen LogP contribution in [0.2, 0.25) is 0 Å². The van der Waals surface area contributed by atoms with Gasteiger partial charge in [-0.05, 0) is 36.4 Å². The van der Waals surface area contributed by atoms with Crippen molar-refractivity contribution in [2.75, 3.05) is 46.9 Å². The Hall–Kier alpha value is -2.36. The number of rotatable bonds is 7. The summed E-state index contributed by atoms with van der Waals surface area (Å²) in [6, 6.07) is 10.1. The Morgan fingerprint density at radius 1 is 1.14 bits per heavy atom. The van der Waals surface area contributed by atoms with E-state index in [2.05, 4.69) is 0 Å². The Labute approximate surface area is 165 Å². The second-order valence-electron chi connectivity index (χ2n) is 6.85. The summed E-state index contributed by atoms with van der Waals surface area (Å²) < 4.78 is 37.4. The fourth-order valence-electron chi connectivity index (χ4n) is 3.22. The molecule has 1 amide bonds. The quantitative estimate of drug-likeness (QED) is 0.688. The predicted molar refractivity (Wildman–Crippen MR) is 102 cm³/mol. The van der Waals surface area contributed by atoms with Crippen LogP contribution >= 0.6 is 0 Å². The number of quaternary nitrogens is 1. The van der Waals surface area contributed by atoms with E-state index in [1.54, 1.807) is 35.4 Å². The molecule has 0 saturated carbocycles. The van der Waals surface area contributed by atoms with Crippen LogP contribution < -0.4 is 9.64 Å². The third-order valence-electron chi connectivity index (χ3n) is 4.80. The van der Waals surface area contributed by atoms with Crippen LogP contribution in [0.25, 0.3) is 0 Å². The first kappa shape index (κ1) is 20.4. The van der Waals surface area contributed by atoms with Crippen molar-refractivity contribution in [2.24, 2.45) is 0 Å². The summed E-state index contributed by atoms with van der Waals surface area (Å²) in [5, 5.41) is 0. The number of hydrogen-bond acceptors (Lipinski definition) is 5. The van der Waals surface area contributed by atoms with E-state index >= 15 is 0 Å². The van der Waals surface area contributed by atoms with Crippen LogP contribution in [0.15, 0.2) is 52.0 Å². The molecule has 2 aromatic rings. The zero-order valence-corrected chi connectivity index (χ0v) is 16.9. The number of hydrogen-bond donors (Lipinski definition) is 1. The molecular weight excluding hydrogens is 382 g/mol.